The molecule has 0 fully saturated rings. The molecule has 0 aliphatic rings. The van der Waals surface area contributed by atoms with Gasteiger partial charge in [-0.05, 0) is 18.2 Å². The van der Waals surface area contributed by atoms with Gasteiger partial charge in [-0.3, -0.25) is 10.8 Å². The Morgan fingerprint density at radius 1 is 1.39 bits per heavy atom. The number of halogens is 1. The number of anilines is 1. The molecule has 3 N–H and O–H groups in total. The first-order valence-electron chi connectivity index (χ1n) is 7.31. The summed E-state index contributed by atoms with van der Waals surface area (Å²) in [5, 5.41) is 0. The number of nitrogens with two attached hydrogens (primary N) is 1. The van der Waals surface area contributed by atoms with E-state index in [1.54, 1.807) is 24.5 Å². The van der Waals surface area contributed by atoms with Crippen LogP contribution in [0, 0.1) is 5.82 Å². The van der Waals surface area contributed by atoms with Gasteiger partial charge in [-0.2, -0.15) is 0 Å². The third kappa shape index (κ3) is 5.26. The van der Waals surface area contributed by atoms with Crippen molar-refractivity contribution in [3.63, 3.8) is 0 Å². The molecule has 0 aliphatic heterocycles. The van der Waals surface area contributed by atoms with Gasteiger partial charge in [-0.1, -0.05) is 44.5 Å². The van der Waals surface area contributed by atoms with Crippen LogP contribution in [0.3, 0.4) is 0 Å². The fourth-order valence-corrected chi connectivity index (χ4v) is 2.45. The Bertz CT molecular complexity index is 619. The number of pyridine rings is 1. The van der Waals surface area contributed by atoms with Gasteiger partial charge in [0.15, 0.2) is 0 Å². The second kappa shape index (κ2) is 9.86. The summed E-state index contributed by atoms with van der Waals surface area (Å²) < 4.78 is 16.2. The van der Waals surface area contributed by atoms with Gasteiger partial charge in [0.2, 0.25) is 0 Å². The van der Waals surface area contributed by atoms with Crippen LogP contribution in [0.15, 0.2) is 49.3 Å². The Morgan fingerprint density at radius 3 is 2.65 bits per heavy atom. The van der Waals surface area contributed by atoms with Crippen LogP contribution in [0.25, 0.3) is 5.70 Å². The maximum absolute atomic E-state index is 14.2. The number of nitrogens with one attached hydrogen (secondary N) is 1. The molecule has 0 radical (unpaired) electrons. The molecule has 124 valence electrons. The highest BCUT2D eigenvalue weighted by atomic mass is 32.2. The first kappa shape index (κ1) is 19.0. The lowest BCUT2D eigenvalue weighted by Crippen LogP contribution is -2.19. The Morgan fingerprint density at radius 2 is 2.13 bits per heavy atom. The largest absolute Gasteiger partial charge is 0.324 e. The van der Waals surface area contributed by atoms with Gasteiger partial charge in [0.25, 0.3) is 0 Å². The van der Waals surface area contributed by atoms with Gasteiger partial charge in [-0.15, -0.1) is 0 Å². The molecule has 2 aromatic rings. The van der Waals surface area contributed by atoms with E-state index < -0.39 is 0 Å². The molecule has 2 rings (SSSR count). The summed E-state index contributed by atoms with van der Waals surface area (Å²) in [7, 11) is 0. The lowest BCUT2D eigenvalue weighted by Gasteiger charge is -2.21. The summed E-state index contributed by atoms with van der Waals surface area (Å²) in [6, 6.07) is 8.76. The minimum Gasteiger partial charge on any atom is -0.324 e. The minimum atomic E-state index is -0.285. The summed E-state index contributed by atoms with van der Waals surface area (Å²) in [6.07, 6.45) is 5.41. The predicted octanol–water partition coefficient (Wildman–Crippen LogP) is 3.97. The van der Waals surface area contributed by atoms with Crippen LogP contribution >= 0.6 is 11.9 Å². The monoisotopic (exact) mass is 334 g/mol. The van der Waals surface area contributed by atoms with Crippen molar-refractivity contribution >= 4 is 23.3 Å². The Balaban J connectivity index is 0.00000127. The molecular weight excluding hydrogens is 311 g/mol. The molecule has 0 aliphatic carbocycles. The predicted molar refractivity (Wildman–Crippen MR) is 98.0 cm³/mol. The van der Waals surface area contributed by atoms with Crippen molar-refractivity contribution in [2.24, 2.45) is 5.84 Å². The first-order chi connectivity index (χ1) is 11.2. The molecule has 0 unspecified atom stereocenters. The fraction of sp³-hybridized carbons (Fsp3) is 0.235. The van der Waals surface area contributed by atoms with Gasteiger partial charge in [0, 0.05) is 29.3 Å². The average molecular weight is 334 g/mol. The number of benzene rings is 1. The molecule has 0 atom stereocenters. The van der Waals surface area contributed by atoms with Crippen molar-refractivity contribution in [1.29, 1.82) is 0 Å². The summed E-state index contributed by atoms with van der Waals surface area (Å²) in [4.78, 5) is 4.08. The SMILES string of the molecule is C=C(NN)c1ccc(CN(SC)c2cccnc2)c(F)c1.CC. The molecule has 0 spiro atoms. The molecule has 4 nitrogen and oxygen atoms in total. The summed E-state index contributed by atoms with van der Waals surface area (Å²) in [6.45, 7) is 8.16. The fourth-order valence-electron chi connectivity index (χ4n) is 1.86. The average Bonchev–Trinajstić information content (AvgIpc) is 2.62. The number of hydrazine groups is 1. The van der Waals surface area contributed by atoms with Crippen LogP contribution < -0.4 is 15.6 Å². The molecule has 1 aromatic carbocycles. The molecule has 1 aromatic heterocycles. The van der Waals surface area contributed by atoms with Gasteiger partial charge < -0.3 is 9.73 Å². The second-order valence-corrected chi connectivity index (χ2v) is 5.17. The van der Waals surface area contributed by atoms with E-state index in [4.69, 9.17) is 5.84 Å². The van der Waals surface area contributed by atoms with Crippen molar-refractivity contribution in [1.82, 2.24) is 10.4 Å². The molecule has 0 bridgehead atoms. The maximum Gasteiger partial charge on any atom is 0.128 e. The lowest BCUT2D eigenvalue weighted by molar-refractivity contribution is 0.610. The van der Waals surface area contributed by atoms with E-state index in [9.17, 15) is 4.39 Å². The van der Waals surface area contributed by atoms with Crippen LogP contribution in [0.2, 0.25) is 0 Å². The lowest BCUT2D eigenvalue weighted by atomic mass is 10.1. The van der Waals surface area contributed by atoms with Crippen molar-refractivity contribution in [2.45, 2.75) is 20.4 Å². The topological polar surface area (TPSA) is 54.2 Å². The Hall–Kier alpha value is -2.05. The minimum absolute atomic E-state index is 0.285. The zero-order chi connectivity index (χ0) is 17.2. The van der Waals surface area contributed by atoms with E-state index in [-0.39, 0.29) is 5.82 Å². The third-order valence-electron chi connectivity index (χ3n) is 3.04. The van der Waals surface area contributed by atoms with Crippen molar-refractivity contribution in [2.75, 3.05) is 10.6 Å². The molecule has 1 heterocycles. The number of aromatic nitrogens is 1. The first-order valence-corrected chi connectivity index (χ1v) is 8.50. The number of hydrogen-bond donors (Lipinski definition) is 2. The smallest absolute Gasteiger partial charge is 0.128 e. The zero-order valence-corrected chi connectivity index (χ0v) is 14.5. The van der Waals surface area contributed by atoms with E-state index in [1.165, 1.54) is 18.0 Å². The van der Waals surface area contributed by atoms with E-state index in [0.29, 0.717) is 23.4 Å². The van der Waals surface area contributed by atoms with Crippen LogP contribution in [0.5, 0.6) is 0 Å². The van der Waals surface area contributed by atoms with E-state index in [0.717, 1.165) is 5.69 Å². The molecule has 0 saturated carbocycles. The maximum atomic E-state index is 14.2. The number of rotatable bonds is 6. The van der Waals surface area contributed by atoms with Crippen molar-refractivity contribution in [3.05, 3.63) is 66.2 Å². The van der Waals surface area contributed by atoms with Crippen LogP contribution in [-0.2, 0) is 6.54 Å². The normalized spacial score (nSPS) is 9.61. The Labute approximate surface area is 141 Å². The van der Waals surface area contributed by atoms with Crippen molar-refractivity contribution < 1.29 is 4.39 Å². The zero-order valence-electron chi connectivity index (χ0n) is 13.7. The summed E-state index contributed by atoms with van der Waals surface area (Å²) >= 11 is 1.52. The van der Waals surface area contributed by atoms with Crippen LogP contribution in [0.4, 0.5) is 10.1 Å². The second-order valence-electron chi connectivity index (χ2n) is 4.36. The highest BCUT2D eigenvalue weighted by molar-refractivity contribution is 7.99. The van der Waals surface area contributed by atoms with Gasteiger partial charge >= 0.3 is 0 Å². The third-order valence-corrected chi connectivity index (χ3v) is 3.82. The molecule has 6 heteroatoms. The van der Waals surface area contributed by atoms with Gasteiger partial charge in [0.1, 0.15) is 5.82 Å². The highest BCUT2D eigenvalue weighted by Gasteiger charge is 2.11. The van der Waals surface area contributed by atoms with E-state index in [2.05, 4.69) is 17.0 Å². The number of hydrogen-bond acceptors (Lipinski definition) is 5. The molecule has 23 heavy (non-hydrogen) atoms. The van der Waals surface area contributed by atoms with E-state index >= 15 is 0 Å². The van der Waals surface area contributed by atoms with Gasteiger partial charge in [0.05, 0.1) is 18.4 Å². The van der Waals surface area contributed by atoms with Crippen LogP contribution in [0.1, 0.15) is 25.0 Å². The van der Waals surface area contributed by atoms with E-state index in [1.807, 2.05) is 36.5 Å². The highest BCUT2D eigenvalue weighted by Crippen LogP contribution is 2.24. The standard InChI is InChI=1S/C15H17FN4S.C2H6/c1-11(19-17)12-5-6-13(15(16)8-12)10-20(21-2)14-4-3-7-18-9-14;1-2/h3-9,19H,1,10,17H2,2H3;1-2H3. The van der Waals surface area contributed by atoms with Crippen LogP contribution in [-0.4, -0.2) is 11.2 Å². The molecular formula is C17H23FN4S. The summed E-state index contributed by atoms with van der Waals surface area (Å²) in [5.74, 6) is 4.99. The van der Waals surface area contributed by atoms with Gasteiger partial charge in [-0.25, -0.2) is 4.39 Å². The quantitative estimate of drug-likeness (QED) is 0.476. The number of nitrogens with zero attached hydrogens (tertiary/aromatic N) is 2. The van der Waals surface area contributed by atoms with Crippen molar-refractivity contribution in [3.8, 4) is 0 Å². The summed E-state index contributed by atoms with van der Waals surface area (Å²) in [5.41, 5.74) is 5.07. The molecule has 0 amide bonds. The molecule has 0 saturated heterocycles. The Kier molecular flexibility index (Phi) is 8.15.